The summed E-state index contributed by atoms with van der Waals surface area (Å²) in [5.74, 6) is -0.0566. The van der Waals surface area contributed by atoms with E-state index in [1.54, 1.807) is 6.08 Å². The average Bonchev–Trinajstić information content (AvgIpc) is 3.66. The van der Waals surface area contributed by atoms with Crippen LogP contribution in [0.15, 0.2) is 60.8 Å². The van der Waals surface area contributed by atoms with Crippen molar-refractivity contribution in [2.24, 2.45) is 0 Å². The molecular weight excluding hydrogens is 1130 g/mol. The monoisotopic (exact) mass is 1290 g/mol. The Morgan fingerprint density at radius 1 is 0.304 bits per heavy atom. The van der Waals surface area contributed by atoms with Gasteiger partial charge in [-0.05, 0) is 89.9 Å². The molecule has 0 aliphatic rings. The number of allylic oxidation sites excluding steroid dienone is 9. The quantitative estimate of drug-likeness (QED) is 0.0320. The lowest BCUT2D eigenvalue weighted by molar-refractivity contribution is -0.143. The molecule has 0 spiro atoms. The second-order valence-corrected chi connectivity index (χ2v) is 28.4. The zero-order valence-electron chi connectivity index (χ0n) is 62.0. The van der Waals surface area contributed by atoms with Crippen molar-refractivity contribution in [1.29, 1.82) is 0 Å². The normalized spacial score (nSPS) is 12.8. The Hall–Kier alpha value is -2.44. The highest BCUT2D eigenvalue weighted by atomic mass is 16.5. The Morgan fingerprint density at radius 2 is 0.554 bits per heavy atom. The van der Waals surface area contributed by atoms with Crippen LogP contribution in [-0.2, 0) is 14.3 Å². The summed E-state index contributed by atoms with van der Waals surface area (Å²) >= 11 is 0. The smallest absolute Gasteiger partial charge is 0.305 e. The standard InChI is InChI=1S/C86H161NO5/c1-3-5-7-9-11-13-15-17-19-20-21-22-23-39-42-45-48-51-54-58-62-66-70-74-78-84(89)83(82-88)87-85(90)79-75-71-67-63-59-55-52-49-46-43-40-37-35-33-31-29-27-25-24-26-28-30-32-34-36-38-41-44-47-50-53-57-61-65-69-73-77-81-92-86(91)80-76-72-68-64-60-56-18-16-14-12-10-8-6-4-2/h10,12,16,18,24,26,30,32,74,78,83-84,88-89H,3-9,11,13-15,17,19-23,25,27-29,31,33-73,75-77,79-82H2,1-2H3,(H,87,90)/b12-10-,18-16-,26-24-,32-30-,78-74+. The molecule has 0 aliphatic carbocycles. The Bertz CT molecular complexity index is 1580. The minimum absolute atomic E-state index is 0.00410. The van der Waals surface area contributed by atoms with E-state index in [2.05, 4.69) is 67.8 Å². The largest absolute Gasteiger partial charge is 0.466 e. The van der Waals surface area contributed by atoms with Gasteiger partial charge in [0.25, 0.3) is 0 Å². The summed E-state index contributed by atoms with van der Waals surface area (Å²) in [6.45, 7) is 4.90. The number of carbonyl (C=O) groups is 2. The molecule has 0 aromatic heterocycles. The van der Waals surface area contributed by atoms with Crippen LogP contribution in [0.25, 0.3) is 0 Å². The van der Waals surface area contributed by atoms with Crippen molar-refractivity contribution >= 4 is 11.9 Å². The highest BCUT2D eigenvalue weighted by molar-refractivity contribution is 5.76. The lowest BCUT2D eigenvalue weighted by atomic mass is 10.0. The van der Waals surface area contributed by atoms with Gasteiger partial charge in [-0.15, -0.1) is 0 Å². The van der Waals surface area contributed by atoms with Crippen LogP contribution >= 0.6 is 0 Å². The molecular formula is C86H161NO5. The van der Waals surface area contributed by atoms with Gasteiger partial charge in [-0.2, -0.15) is 0 Å². The van der Waals surface area contributed by atoms with Crippen LogP contribution in [-0.4, -0.2) is 47.4 Å². The molecule has 2 unspecified atom stereocenters. The number of carbonyl (C=O) groups excluding carboxylic acids is 2. The average molecular weight is 1290 g/mol. The van der Waals surface area contributed by atoms with E-state index in [-0.39, 0.29) is 18.5 Å². The molecule has 0 heterocycles. The molecule has 0 radical (unpaired) electrons. The van der Waals surface area contributed by atoms with Crippen LogP contribution in [0.3, 0.4) is 0 Å². The topological polar surface area (TPSA) is 95.9 Å². The molecule has 6 nitrogen and oxygen atoms in total. The minimum Gasteiger partial charge on any atom is -0.466 e. The number of hydrogen-bond donors (Lipinski definition) is 3. The van der Waals surface area contributed by atoms with Gasteiger partial charge in [0.15, 0.2) is 0 Å². The fourth-order valence-electron chi connectivity index (χ4n) is 12.9. The third kappa shape index (κ3) is 76.6. The van der Waals surface area contributed by atoms with Crippen molar-refractivity contribution in [2.75, 3.05) is 13.2 Å². The maximum absolute atomic E-state index is 12.6. The first kappa shape index (κ1) is 89.6. The van der Waals surface area contributed by atoms with Crippen molar-refractivity contribution in [3.05, 3.63) is 60.8 Å². The van der Waals surface area contributed by atoms with Crippen LogP contribution < -0.4 is 5.32 Å². The van der Waals surface area contributed by atoms with Crippen molar-refractivity contribution in [2.45, 2.75) is 463 Å². The van der Waals surface area contributed by atoms with Crippen LogP contribution in [0, 0.1) is 0 Å². The molecule has 0 fully saturated rings. The third-order valence-electron chi connectivity index (χ3n) is 19.3. The number of rotatable bonds is 78. The first-order valence-corrected chi connectivity index (χ1v) is 41.6. The molecule has 0 rings (SSSR count). The van der Waals surface area contributed by atoms with Gasteiger partial charge >= 0.3 is 5.97 Å². The molecule has 0 saturated carbocycles. The molecule has 0 aromatic rings. The fourth-order valence-corrected chi connectivity index (χ4v) is 12.9. The predicted molar refractivity (Wildman–Crippen MR) is 407 cm³/mol. The molecule has 3 N–H and O–H groups in total. The minimum atomic E-state index is -0.845. The molecule has 540 valence electrons. The van der Waals surface area contributed by atoms with Crippen LogP contribution in [0.5, 0.6) is 0 Å². The van der Waals surface area contributed by atoms with Gasteiger partial charge in [-0.1, -0.05) is 408 Å². The van der Waals surface area contributed by atoms with E-state index in [0.717, 1.165) is 57.8 Å². The van der Waals surface area contributed by atoms with Gasteiger partial charge in [-0.25, -0.2) is 0 Å². The number of amides is 1. The maximum atomic E-state index is 12.6. The van der Waals surface area contributed by atoms with Crippen LogP contribution in [0.4, 0.5) is 0 Å². The summed E-state index contributed by atoms with van der Waals surface area (Å²) in [5.41, 5.74) is 0. The Kier molecular flexibility index (Phi) is 78.8. The first-order chi connectivity index (χ1) is 45.5. The zero-order valence-corrected chi connectivity index (χ0v) is 62.0. The van der Waals surface area contributed by atoms with Crippen molar-refractivity contribution < 1.29 is 24.5 Å². The number of aliphatic hydroxyl groups is 2. The molecule has 2 atom stereocenters. The number of hydrogen-bond acceptors (Lipinski definition) is 5. The molecule has 0 aromatic carbocycles. The molecule has 0 saturated heterocycles. The predicted octanol–water partition coefficient (Wildman–Crippen LogP) is 27.7. The van der Waals surface area contributed by atoms with E-state index in [0.29, 0.717) is 19.4 Å². The first-order valence-electron chi connectivity index (χ1n) is 41.6. The van der Waals surface area contributed by atoms with Gasteiger partial charge in [0, 0.05) is 12.8 Å². The summed E-state index contributed by atoms with van der Waals surface area (Å²) in [5, 5.41) is 23.3. The molecule has 0 bridgehead atoms. The van der Waals surface area contributed by atoms with E-state index < -0.39 is 12.1 Å². The number of aliphatic hydroxyl groups excluding tert-OH is 2. The molecule has 6 heteroatoms. The molecule has 92 heavy (non-hydrogen) atoms. The number of esters is 1. The van der Waals surface area contributed by atoms with E-state index in [9.17, 15) is 19.8 Å². The third-order valence-corrected chi connectivity index (χ3v) is 19.3. The van der Waals surface area contributed by atoms with E-state index >= 15 is 0 Å². The van der Waals surface area contributed by atoms with Gasteiger partial charge in [0.2, 0.25) is 5.91 Å². The van der Waals surface area contributed by atoms with E-state index in [1.165, 1.54) is 366 Å². The second kappa shape index (κ2) is 81.0. The Labute approximate surface area is 575 Å². The maximum Gasteiger partial charge on any atom is 0.305 e. The van der Waals surface area contributed by atoms with Crippen molar-refractivity contribution in [3.63, 3.8) is 0 Å². The van der Waals surface area contributed by atoms with Crippen molar-refractivity contribution in [1.82, 2.24) is 5.32 Å². The SMILES string of the molecule is CCCC/C=C\C/C=C\CCCCCCCC(=O)OCCCCCCCCCCCCCCC/C=C\C/C=C\CCCCCCCCCCCCCCCCCCCC(=O)NC(CO)C(O)/C=C/CCCCCCCCCCCCCCCCCCCCCCCC. The van der Waals surface area contributed by atoms with Crippen LogP contribution in [0.1, 0.15) is 450 Å². The highest BCUT2D eigenvalue weighted by Crippen LogP contribution is 2.20. The van der Waals surface area contributed by atoms with Gasteiger partial charge in [0.1, 0.15) is 0 Å². The van der Waals surface area contributed by atoms with Crippen molar-refractivity contribution in [3.8, 4) is 0 Å². The molecule has 0 aliphatic heterocycles. The second-order valence-electron chi connectivity index (χ2n) is 28.4. The summed E-state index contributed by atoms with van der Waals surface area (Å²) in [6.07, 6.45) is 109. The highest BCUT2D eigenvalue weighted by Gasteiger charge is 2.18. The fraction of sp³-hybridized carbons (Fsp3) is 0.860. The summed E-state index contributed by atoms with van der Waals surface area (Å²) in [7, 11) is 0. The molecule has 1 amide bonds. The van der Waals surface area contributed by atoms with E-state index in [4.69, 9.17) is 4.74 Å². The lowest BCUT2D eigenvalue weighted by Crippen LogP contribution is -2.45. The number of unbranched alkanes of at least 4 members (excludes halogenated alkanes) is 59. The van der Waals surface area contributed by atoms with Gasteiger partial charge in [-0.3, -0.25) is 9.59 Å². The Morgan fingerprint density at radius 3 is 0.859 bits per heavy atom. The summed E-state index contributed by atoms with van der Waals surface area (Å²) in [6, 6.07) is -0.628. The van der Waals surface area contributed by atoms with Crippen LogP contribution in [0.2, 0.25) is 0 Å². The zero-order chi connectivity index (χ0) is 66.3. The Balaban J connectivity index is 3.39. The number of nitrogens with one attached hydrogen (secondary N) is 1. The van der Waals surface area contributed by atoms with E-state index in [1.807, 2.05) is 6.08 Å². The number of ether oxygens (including phenoxy) is 1. The van der Waals surface area contributed by atoms with Gasteiger partial charge < -0.3 is 20.3 Å². The summed E-state index contributed by atoms with van der Waals surface area (Å²) < 4.78 is 5.49. The summed E-state index contributed by atoms with van der Waals surface area (Å²) in [4.78, 5) is 24.6. The lowest BCUT2D eigenvalue weighted by Gasteiger charge is -2.20. The van der Waals surface area contributed by atoms with Gasteiger partial charge in [0.05, 0.1) is 25.4 Å².